The number of aliphatic hydroxyl groups is 1. The Labute approximate surface area is 177 Å². The molecule has 7 heteroatoms. The number of ketones is 1. The molecule has 6 nitrogen and oxygen atoms in total. The SMILES string of the molecule is CC(=O)c1ccc(OCC(O)Cn2cnc3scc(-c4ccccc4)c3c2=O)cc1. The van der Waals surface area contributed by atoms with Gasteiger partial charge in [-0.05, 0) is 36.8 Å². The molecule has 0 aliphatic heterocycles. The molecule has 1 N–H and O–H groups in total. The van der Waals surface area contributed by atoms with E-state index < -0.39 is 6.10 Å². The fourth-order valence-electron chi connectivity index (χ4n) is 3.19. The van der Waals surface area contributed by atoms with E-state index in [1.54, 1.807) is 24.3 Å². The number of carbonyl (C=O) groups excluding carboxylic acids is 1. The van der Waals surface area contributed by atoms with E-state index in [2.05, 4.69) is 4.98 Å². The number of fused-ring (bicyclic) bond motifs is 1. The molecule has 4 rings (SSSR count). The van der Waals surface area contributed by atoms with Gasteiger partial charge in [0.15, 0.2) is 5.78 Å². The average Bonchev–Trinajstić information content (AvgIpc) is 3.20. The molecule has 152 valence electrons. The number of thiophene rings is 1. The zero-order valence-electron chi connectivity index (χ0n) is 16.3. The molecule has 1 unspecified atom stereocenters. The Kier molecular flexibility index (Phi) is 5.74. The van der Waals surface area contributed by atoms with Gasteiger partial charge in [0.05, 0.1) is 18.3 Å². The largest absolute Gasteiger partial charge is 0.491 e. The molecule has 2 aromatic heterocycles. The molecular weight excluding hydrogens is 400 g/mol. The van der Waals surface area contributed by atoms with Gasteiger partial charge in [-0.3, -0.25) is 14.2 Å². The normalized spacial score (nSPS) is 12.1. The minimum Gasteiger partial charge on any atom is -0.491 e. The number of ether oxygens (including phenoxy) is 1. The van der Waals surface area contributed by atoms with Crippen molar-refractivity contribution in [2.45, 2.75) is 19.6 Å². The van der Waals surface area contributed by atoms with E-state index in [9.17, 15) is 14.7 Å². The van der Waals surface area contributed by atoms with Gasteiger partial charge in [-0.1, -0.05) is 30.3 Å². The van der Waals surface area contributed by atoms with Crippen molar-refractivity contribution in [2.75, 3.05) is 6.61 Å². The predicted octanol–water partition coefficient (Wildman–Crippen LogP) is 3.77. The van der Waals surface area contributed by atoms with E-state index in [4.69, 9.17) is 4.74 Å². The standard InChI is InChI=1S/C23H20N2O4S/c1-15(26)16-7-9-19(10-8-16)29-12-18(27)11-25-14-24-22-21(23(25)28)20(13-30-22)17-5-3-2-4-6-17/h2-10,13-14,18,27H,11-12H2,1H3. The first-order valence-electron chi connectivity index (χ1n) is 9.47. The summed E-state index contributed by atoms with van der Waals surface area (Å²) in [6.45, 7) is 1.58. The highest BCUT2D eigenvalue weighted by Gasteiger charge is 2.15. The van der Waals surface area contributed by atoms with E-state index in [0.717, 1.165) is 11.1 Å². The van der Waals surface area contributed by atoms with Crippen LogP contribution in [0.15, 0.2) is 71.1 Å². The molecule has 0 amide bonds. The van der Waals surface area contributed by atoms with E-state index in [1.807, 2.05) is 35.7 Å². The minimum atomic E-state index is -0.895. The zero-order chi connectivity index (χ0) is 21.1. The van der Waals surface area contributed by atoms with Crippen molar-refractivity contribution in [1.82, 2.24) is 9.55 Å². The summed E-state index contributed by atoms with van der Waals surface area (Å²) in [6, 6.07) is 16.4. The Morgan fingerprint density at radius 3 is 2.60 bits per heavy atom. The van der Waals surface area contributed by atoms with Crippen LogP contribution >= 0.6 is 11.3 Å². The molecule has 0 bridgehead atoms. The maximum atomic E-state index is 13.0. The first-order chi connectivity index (χ1) is 14.5. The van der Waals surface area contributed by atoms with Crippen LogP contribution in [0.1, 0.15) is 17.3 Å². The smallest absolute Gasteiger partial charge is 0.262 e. The molecule has 1 atom stereocenters. The second kappa shape index (κ2) is 8.61. The number of benzene rings is 2. The quantitative estimate of drug-likeness (QED) is 0.460. The van der Waals surface area contributed by atoms with Gasteiger partial charge < -0.3 is 9.84 Å². The summed E-state index contributed by atoms with van der Waals surface area (Å²) in [5.41, 5.74) is 2.21. The minimum absolute atomic E-state index is 0.0130. The molecule has 0 fully saturated rings. The van der Waals surface area contributed by atoms with Gasteiger partial charge in [-0.15, -0.1) is 11.3 Å². The first-order valence-corrected chi connectivity index (χ1v) is 10.3. The van der Waals surface area contributed by atoms with E-state index in [1.165, 1.54) is 29.2 Å². The van der Waals surface area contributed by atoms with Crippen LogP contribution in [0.4, 0.5) is 0 Å². The van der Waals surface area contributed by atoms with Gasteiger partial charge in [0.2, 0.25) is 0 Å². The highest BCUT2D eigenvalue weighted by Crippen LogP contribution is 2.30. The zero-order valence-corrected chi connectivity index (χ0v) is 17.1. The number of Topliss-reactive ketones (excluding diaryl/α,β-unsaturated/α-hetero) is 1. The number of rotatable bonds is 7. The fourth-order valence-corrected chi connectivity index (χ4v) is 4.09. The molecule has 0 saturated carbocycles. The second-order valence-corrected chi connectivity index (χ2v) is 7.80. The van der Waals surface area contributed by atoms with Crippen LogP contribution in [0.25, 0.3) is 21.3 Å². The highest BCUT2D eigenvalue weighted by molar-refractivity contribution is 7.17. The van der Waals surface area contributed by atoms with Crippen molar-refractivity contribution in [3.8, 4) is 16.9 Å². The van der Waals surface area contributed by atoms with Gasteiger partial charge in [0, 0.05) is 16.5 Å². The Hall–Kier alpha value is -3.29. The maximum Gasteiger partial charge on any atom is 0.262 e. The van der Waals surface area contributed by atoms with Gasteiger partial charge in [-0.25, -0.2) is 4.98 Å². The molecule has 0 saturated heterocycles. The lowest BCUT2D eigenvalue weighted by molar-refractivity contribution is 0.0914. The third-order valence-electron chi connectivity index (χ3n) is 4.76. The summed E-state index contributed by atoms with van der Waals surface area (Å²) in [4.78, 5) is 29.4. The van der Waals surface area contributed by atoms with E-state index in [-0.39, 0.29) is 24.5 Å². The van der Waals surface area contributed by atoms with Crippen LogP contribution in [-0.4, -0.2) is 33.2 Å². The summed E-state index contributed by atoms with van der Waals surface area (Å²) in [5.74, 6) is 0.524. The van der Waals surface area contributed by atoms with Crippen molar-refractivity contribution < 1.29 is 14.6 Å². The van der Waals surface area contributed by atoms with Gasteiger partial charge in [0.1, 0.15) is 23.3 Å². The van der Waals surface area contributed by atoms with Gasteiger partial charge in [-0.2, -0.15) is 0 Å². The lowest BCUT2D eigenvalue weighted by atomic mass is 10.1. The number of hydrogen-bond acceptors (Lipinski definition) is 6. The lowest BCUT2D eigenvalue weighted by Crippen LogP contribution is -2.30. The molecule has 0 aliphatic rings. The van der Waals surface area contributed by atoms with Crippen LogP contribution in [0.3, 0.4) is 0 Å². The van der Waals surface area contributed by atoms with Crippen molar-refractivity contribution in [1.29, 1.82) is 0 Å². The molecule has 2 aromatic carbocycles. The van der Waals surface area contributed by atoms with Crippen molar-refractivity contribution >= 4 is 27.3 Å². The van der Waals surface area contributed by atoms with E-state index >= 15 is 0 Å². The number of aromatic nitrogens is 2. The fraction of sp³-hybridized carbons (Fsp3) is 0.174. The summed E-state index contributed by atoms with van der Waals surface area (Å²) in [7, 11) is 0. The third kappa shape index (κ3) is 4.17. The number of nitrogens with zero attached hydrogens (tertiary/aromatic N) is 2. The average molecular weight is 420 g/mol. The Morgan fingerprint density at radius 1 is 1.17 bits per heavy atom. The summed E-state index contributed by atoms with van der Waals surface area (Å²) >= 11 is 1.43. The van der Waals surface area contributed by atoms with Gasteiger partial charge in [0.25, 0.3) is 5.56 Å². The summed E-state index contributed by atoms with van der Waals surface area (Å²) in [5, 5.41) is 12.9. The third-order valence-corrected chi connectivity index (χ3v) is 5.64. The monoisotopic (exact) mass is 420 g/mol. The Morgan fingerprint density at radius 2 is 1.90 bits per heavy atom. The van der Waals surface area contributed by atoms with Crippen LogP contribution in [0, 0.1) is 0 Å². The molecular formula is C23H20N2O4S. The van der Waals surface area contributed by atoms with Crippen LogP contribution in [-0.2, 0) is 6.54 Å². The predicted molar refractivity (Wildman–Crippen MR) is 117 cm³/mol. The highest BCUT2D eigenvalue weighted by atomic mass is 32.1. The summed E-state index contributed by atoms with van der Waals surface area (Å²) < 4.78 is 7.00. The van der Waals surface area contributed by atoms with Crippen LogP contribution in [0.2, 0.25) is 0 Å². The first kappa shape index (κ1) is 20.0. The molecule has 30 heavy (non-hydrogen) atoms. The molecule has 4 aromatic rings. The van der Waals surface area contributed by atoms with Crippen molar-refractivity contribution in [3.05, 3.63) is 82.2 Å². The van der Waals surface area contributed by atoms with Crippen molar-refractivity contribution in [2.24, 2.45) is 0 Å². The Bertz CT molecular complexity index is 1230. The van der Waals surface area contributed by atoms with Crippen LogP contribution < -0.4 is 10.3 Å². The molecule has 0 radical (unpaired) electrons. The maximum absolute atomic E-state index is 13.0. The lowest BCUT2D eigenvalue weighted by Gasteiger charge is -2.14. The molecule has 0 aliphatic carbocycles. The second-order valence-electron chi connectivity index (χ2n) is 6.94. The number of carbonyl (C=O) groups is 1. The number of hydrogen-bond donors (Lipinski definition) is 1. The Balaban J connectivity index is 1.50. The van der Waals surface area contributed by atoms with E-state index in [0.29, 0.717) is 21.5 Å². The van der Waals surface area contributed by atoms with Crippen LogP contribution in [0.5, 0.6) is 5.75 Å². The molecule has 0 spiro atoms. The van der Waals surface area contributed by atoms with Crippen molar-refractivity contribution in [3.63, 3.8) is 0 Å². The summed E-state index contributed by atoms with van der Waals surface area (Å²) in [6.07, 6.45) is 0.564. The molecule has 2 heterocycles. The number of aliphatic hydroxyl groups excluding tert-OH is 1. The topological polar surface area (TPSA) is 81.4 Å². The van der Waals surface area contributed by atoms with Gasteiger partial charge >= 0.3 is 0 Å².